The topological polar surface area (TPSA) is 98.2 Å². The number of nitrogens with zero attached hydrogens (tertiary/aromatic N) is 2. The lowest BCUT2D eigenvalue weighted by Gasteiger charge is -2.15. The summed E-state index contributed by atoms with van der Waals surface area (Å²) in [5, 5.41) is 9.12. The van der Waals surface area contributed by atoms with Crippen molar-refractivity contribution in [1.29, 1.82) is 0 Å². The molecule has 0 saturated carbocycles. The molecule has 0 bridgehead atoms. The van der Waals surface area contributed by atoms with Gasteiger partial charge in [0.05, 0.1) is 19.9 Å². The Morgan fingerprint density at radius 2 is 1.90 bits per heavy atom. The summed E-state index contributed by atoms with van der Waals surface area (Å²) in [6.07, 6.45) is 6.98. The number of aromatic amines is 1. The van der Waals surface area contributed by atoms with E-state index in [9.17, 15) is 9.59 Å². The van der Waals surface area contributed by atoms with Gasteiger partial charge < -0.3 is 19.8 Å². The Hall–Kier alpha value is -4.82. The maximum atomic E-state index is 13.0. The average Bonchev–Trinajstić information content (AvgIpc) is 3.60. The van der Waals surface area contributed by atoms with Crippen LogP contribution in [0.15, 0.2) is 91.3 Å². The molecule has 8 nitrogen and oxygen atoms in total. The van der Waals surface area contributed by atoms with Gasteiger partial charge in [-0.3, -0.25) is 4.79 Å². The fourth-order valence-corrected chi connectivity index (χ4v) is 4.68. The van der Waals surface area contributed by atoms with Crippen LogP contribution in [0.1, 0.15) is 11.1 Å². The number of carbonyl (C=O) groups excluding carboxylic acids is 2. The predicted molar refractivity (Wildman–Crippen MR) is 156 cm³/mol. The molecule has 1 atom stereocenters. The molecule has 0 radical (unpaired) electrons. The summed E-state index contributed by atoms with van der Waals surface area (Å²) in [6, 6.07) is 21.7. The highest BCUT2D eigenvalue weighted by molar-refractivity contribution is 6.30. The van der Waals surface area contributed by atoms with Crippen LogP contribution in [-0.4, -0.2) is 46.9 Å². The van der Waals surface area contributed by atoms with E-state index in [4.69, 9.17) is 26.2 Å². The lowest BCUT2D eigenvalue weighted by molar-refractivity contribution is -0.144. The predicted octanol–water partition coefficient (Wildman–Crippen LogP) is 5.60. The summed E-state index contributed by atoms with van der Waals surface area (Å²) in [5.41, 5.74) is 4.77. The number of methoxy groups -OCH3 is 2. The molecule has 3 aromatic carbocycles. The summed E-state index contributed by atoms with van der Waals surface area (Å²) in [4.78, 5) is 28.8. The smallest absolute Gasteiger partial charge is 0.328 e. The van der Waals surface area contributed by atoms with Gasteiger partial charge in [-0.15, -0.1) is 0 Å². The second-order valence-corrected chi connectivity index (χ2v) is 9.51. The van der Waals surface area contributed by atoms with E-state index in [2.05, 4.69) is 10.3 Å². The number of hydrogen-bond donors (Lipinski definition) is 2. The highest BCUT2D eigenvalue weighted by Crippen LogP contribution is 2.28. The maximum absolute atomic E-state index is 13.0. The van der Waals surface area contributed by atoms with Gasteiger partial charge >= 0.3 is 5.97 Å². The molecule has 5 aromatic rings. The second kappa shape index (κ2) is 11.9. The Bertz CT molecular complexity index is 1700. The normalized spacial score (nSPS) is 12.0. The van der Waals surface area contributed by atoms with Crippen LogP contribution < -0.4 is 10.1 Å². The number of fused-ring (bicyclic) bond motifs is 1. The molecule has 1 unspecified atom stereocenters. The SMILES string of the molecule is COC(=O)C(Cc1c[nH]c2ccccc12)NC(=O)/C=C/c1cn(-c2cccc(Cl)c2)nc1-c1cccc(OC)c1. The van der Waals surface area contributed by atoms with Gasteiger partial charge in [0.15, 0.2) is 0 Å². The highest BCUT2D eigenvalue weighted by Gasteiger charge is 2.23. The molecule has 2 aromatic heterocycles. The molecule has 0 fully saturated rings. The molecule has 9 heteroatoms. The first-order chi connectivity index (χ1) is 19.4. The monoisotopic (exact) mass is 554 g/mol. The minimum absolute atomic E-state index is 0.276. The molecule has 0 spiro atoms. The first kappa shape index (κ1) is 26.8. The summed E-state index contributed by atoms with van der Waals surface area (Å²) < 4.78 is 12.1. The van der Waals surface area contributed by atoms with Crippen LogP contribution in [0.2, 0.25) is 5.02 Å². The van der Waals surface area contributed by atoms with Crippen molar-refractivity contribution in [3.05, 3.63) is 107 Å². The fourth-order valence-electron chi connectivity index (χ4n) is 4.50. The zero-order valence-electron chi connectivity index (χ0n) is 21.9. The van der Waals surface area contributed by atoms with Gasteiger partial charge in [0.25, 0.3) is 0 Å². The molecule has 5 rings (SSSR count). The number of para-hydroxylation sites is 1. The van der Waals surface area contributed by atoms with Gasteiger partial charge in [-0.25, -0.2) is 9.48 Å². The third-order valence-corrected chi connectivity index (χ3v) is 6.71. The van der Waals surface area contributed by atoms with E-state index in [0.717, 1.165) is 27.7 Å². The Morgan fingerprint density at radius 3 is 2.70 bits per heavy atom. The number of esters is 1. The number of rotatable bonds is 9. The molecule has 2 N–H and O–H groups in total. The van der Waals surface area contributed by atoms with Gasteiger partial charge in [0.2, 0.25) is 5.91 Å². The first-order valence-corrected chi connectivity index (χ1v) is 12.9. The number of nitrogens with one attached hydrogen (secondary N) is 2. The lowest BCUT2D eigenvalue weighted by atomic mass is 10.0. The second-order valence-electron chi connectivity index (χ2n) is 9.07. The average molecular weight is 555 g/mol. The zero-order chi connectivity index (χ0) is 28.1. The summed E-state index contributed by atoms with van der Waals surface area (Å²) in [5.74, 6) is -0.291. The summed E-state index contributed by atoms with van der Waals surface area (Å²) >= 11 is 6.21. The molecule has 40 heavy (non-hydrogen) atoms. The summed E-state index contributed by atoms with van der Waals surface area (Å²) in [7, 11) is 2.90. The molecule has 1 amide bonds. The molecule has 202 valence electrons. The van der Waals surface area contributed by atoms with Gasteiger partial charge in [0, 0.05) is 51.9 Å². The zero-order valence-corrected chi connectivity index (χ0v) is 22.7. The van der Waals surface area contributed by atoms with Crippen LogP contribution in [0.3, 0.4) is 0 Å². The maximum Gasteiger partial charge on any atom is 0.328 e. The van der Waals surface area contributed by atoms with Crippen LogP contribution in [0.25, 0.3) is 33.9 Å². The Kier molecular flexibility index (Phi) is 7.98. The lowest BCUT2D eigenvalue weighted by Crippen LogP contribution is -2.42. The number of halogens is 1. The molecular formula is C31H27ClN4O4. The number of aromatic nitrogens is 3. The molecule has 2 heterocycles. The number of hydrogen-bond acceptors (Lipinski definition) is 5. The highest BCUT2D eigenvalue weighted by atomic mass is 35.5. The van der Waals surface area contributed by atoms with Crippen LogP contribution in [-0.2, 0) is 20.7 Å². The van der Waals surface area contributed by atoms with Crippen molar-refractivity contribution >= 4 is 40.5 Å². The van der Waals surface area contributed by atoms with E-state index < -0.39 is 17.9 Å². The van der Waals surface area contributed by atoms with Crippen molar-refractivity contribution in [3.63, 3.8) is 0 Å². The van der Waals surface area contributed by atoms with Crippen molar-refractivity contribution in [2.45, 2.75) is 12.5 Å². The van der Waals surface area contributed by atoms with Crippen molar-refractivity contribution in [2.24, 2.45) is 0 Å². The van der Waals surface area contributed by atoms with Gasteiger partial charge in [0.1, 0.15) is 17.5 Å². The van der Waals surface area contributed by atoms with E-state index in [1.807, 2.05) is 73.1 Å². The molecule has 0 aliphatic carbocycles. The Labute approximate surface area is 236 Å². The Morgan fingerprint density at radius 1 is 1.07 bits per heavy atom. The van der Waals surface area contributed by atoms with E-state index in [-0.39, 0.29) is 6.42 Å². The molecule has 0 aliphatic rings. The van der Waals surface area contributed by atoms with Gasteiger partial charge in [-0.2, -0.15) is 5.10 Å². The third-order valence-electron chi connectivity index (χ3n) is 6.47. The van der Waals surface area contributed by atoms with Gasteiger partial charge in [-0.1, -0.05) is 48.0 Å². The summed E-state index contributed by atoms with van der Waals surface area (Å²) in [6.45, 7) is 0. The van der Waals surface area contributed by atoms with Crippen molar-refractivity contribution in [2.75, 3.05) is 14.2 Å². The van der Waals surface area contributed by atoms with Crippen LogP contribution in [0.4, 0.5) is 0 Å². The fraction of sp³-hybridized carbons (Fsp3) is 0.129. The largest absolute Gasteiger partial charge is 0.497 e. The van der Waals surface area contributed by atoms with Crippen molar-refractivity contribution in [1.82, 2.24) is 20.1 Å². The number of benzene rings is 3. The number of carbonyl (C=O) groups is 2. The van der Waals surface area contributed by atoms with Crippen molar-refractivity contribution < 1.29 is 19.1 Å². The molecular weight excluding hydrogens is 528 g/mol. The Balaban J connectivity index is 1.42. The van der Waals surface area contributed by atoms with E-state index in [1.54, 1.807) is 30.0 Å². The van der Waals surface area contributed by atoms with Crippen LogP contribution in [0.5, 0.6) is 5.75 Å². The van der Waals surface area contributed by atoms with Gasteiger partial charge in [-0.05, 0) is 48.0 Å². The minimum atomic E-state index is -0.867. The first-order valence-electron chi connectivity index (χ1n) is 12.6. The van der Waals surface area contributed by atoms with E-state index >= 15 is 0 Å². The van der Waals surface area contributed by atoms with Crippen LogP contribution >= 0.6 is 11.6 Å². The third kappa shape index (κ3) is 5.92. The molecule has 0 aliphatic heterocycles. The minimum Gasteiger partial charge on any atom is -0.497 e. The van der Waals surface area contributed by atoms with Crippen LogP contribution in [0, 0.1) is 0 Å². The standard InChI is InChI=1S/C31H27ClN4O4/c1-39-25-10-5-7-20(15-25)30-21(19-36(35-30)24-9-6-8-23(32)17-24)13-14-29(37)34-28(31(38)40-2)16-22-18-33-27-12-4-3-11-26(22)27/h3-15,17-19,28,33H,16H2,1-2H3,(H,34,37)/b14-13+. The molecule has 0 saturated heterocycles. The number of amides is 1. The quantitative estimate of drug-likeness (QED) is 0.183. The van der Waals surface area contributed by atoms with E-state index in [0.29, 0.717) is 22.0 Å². The van der Waals surface area contributed by atoms with E-state index in [1.165, 1.54) is 13.2 Å². The number of ether oxygens (including phenoxy) is 2. The number of H-pyrrole nitrogens is 1. The van der Waals surface area contributed by atoms with Crippen molar-refractivity contribution in [3.8, 4) is 22.7 Å².